The molecule has 16 heavy (non-hydrogen) atoms. The number of anilines is 1. The molecule has 88 valence electrons. The maximum Gasteiger partial charge on any atom is 0.227 e. The molecule has 5 nitrogen and oxygen atoms in total. The molecule has 1 saturated heterocycles. The second kappa shape index (κ2) is 5.60. The molecule has 0 spiro atoms. The average Bonchev–Trinajstić information content (AvgIpc) is 2.65. The Morgan fingerprint density at radius 1 is 1.62 bits per heavy atom. The van der Waals surface area contributed by atoms with Crippen molar-refractivity contribution >= 4 is 34.1 Å². The number of hydrogen-bond donors (Lipinski definition) is 2. The molecule has 0 radical (unpaired) electrons. The minimum absolute atomic E-state index is 0.0103. The number of aromatic nitrogens is 2. The quantitative estimate of drug-likeness (QED) is 0.842. The van der Waals surface area contributed by atoms with Crippen molar-refractivity contribution < 1.29 is 4.79 Å². The van der Waals surface area contributed by atoms with Gasteiger partial charge in [0.05, 0.1) is 0 Å². The minimum Gasteiger partial charge on any atom is -0.312 e. The third-order valence-corrected chi connectivity index (χ3v) is 4.09. The number of carbonyl (C=O) groups is 1. The topological polar surface area (TPSA) is 66.9 Å². The SMILES string of the molecule is Cc1nnc(NC(=O)CC2CSCCN2)s1. The smallest absolute Gasteiger partial charge is 0.227 e. The molecule has 1 fully saturated rings. The van der Waals surface area contributed by atoms with E-state index in [9.17, 15) is 4.79 Å². The first kappa shape index (κ1) is 11.8. The predicted molar refractivity (Wildman–Crippen MR) is 67.0 cm³/mol. The standard InChI is InChI=1S/C9H14N4OS2/c1-6-12-13-9(16-6)11-8(14)4-7-5-15-3-2-10-7/h7,10H,2-5H2,1H3,(H,11,13,14). The van der Waals surface area contributed by atoms with E-state index in [2.05, 4.69) is 20.8 Å². The van der Waals surface area contributed by atoms with E-state index in [0.29, 0.717) is 11.6 Å². The Morgan fingerprint density at radius 3 is 3.12 bits per heavy atom. The van der Waals surface area contributed by atoms with Crippen LogP contribution in [0.1, 0.15) is 11.4 Å². The molecule has 2 N–H and O–H groups in total. The van der Waals surface area contributed by atoms with Gasteiger partial charge in [0.15, 0.2) is 0 Å². The van der Waals surface area contributed by atoms with Crippen molar-refractivity contribution in [2.45, 2.75) is 19.4 Å². The van der Waals surface area contributed by atoms with Crippen LogP contribution in [-0.2, 0) is 4.79 Å². The van der Waals surface area contributed by atoms with Crippen LogP contribution in [0.3, 0.4) is 0 Å². The Kier molecular flexibility index (Phi) is 4.14. The zero-order valence-corrected chi connectivity index (χ0v) is 10.7. The van der Waals surface area contributed by atoms with Crippen LogP contribution in [-0.4, -0.2) is 40.2 Å². The van der Waals surface area contributed by atoms with E-state index in [1.807, 2.05) is 18.7 Å². The molecule has 1 atom stereocenters. The number of amides is 1. The van der Waals surface area contributed by atoms with Crippen LogP contribution in [0.5, 0.6) is 0 Å². The summed E-state index contributed by atoms with van der Waals surface area (Å²) in [5.74, 6) is 2.15. The third kappa shape index (κ3) is 3.43. The summed E-state index contributed by atoms with van der Waals surface area (Å²) in [7, 11) is 0. The van der Waals surface area contributed by atoms with Gasteiger partial charge < -0.3 is 10.6 Å². The van der Waals surface area contributed by atoms with E-state index >= 15 is 0 Å². The highest BCUT2D eigenvalue weighted by Gasteiger charge is 2.17. The van der Waals surface area contributed by atoms with E-state index in [4.69, 9.17) is 0 Å². The molecule has 1 aliphatic heterocycles. The van der Waals surface area contributed by atoms with Crippen molar-refractivity contribution in [2.24, 2.45) is 0 Å². The molecular weight excluding hydrogens is 244 g/mol. The van der Waals surface area contributed by atoms with E-state index in [1.54, 1.807) is 0 Å². The second-order valence-corrected chi connectivity index (χ2v) is 5.94. The summed E-state index contributed by atoms with van der Waals surface area (Å²) in [6, 6.07) is 0.285. The lowest BCUT2D eigenvalue weighted by molar-refractivity contribution is -0.116. The van der Waals surface area contributed by atoms with Crippen LogP contribution >= 0.6 is 23.1 Å². The fourth-order valence-corrected chi connectivity index (χ4v) is 3.05. The summed E-state index contributed by atoms with van der Waals surface area (Å²) >= 11 is 3.29. The average molecular weight is 258 g/mol. The number of rotatable bonds is 3. The summed E-state index contributed by atoms with van der Waals surface area (Å²) in [4.78, 5) is 11.7. The first-order chi connectivity index (χ1) is 7.74. The Morgan fingerprint density at radius 2 is 2.50 bits per heavy atom. The molecular formula is C9H14N4OS2. The van der Waals surface area contributed by atoms with Crippen LogP contribution in [0.15, 0.2) is 0 Å². The summed E-state index contributed by atoms with van der Waals surface area (Å²) in [5.41, 5.74) is 0. The van der Waals surface area contributed by atoms with Crippen molar-refractivity contribution in [3.63, 3.8) is 0 Å². The fourth-order valence-electron chi connectivity index (χ4n) is 1.49. The molecule has 1 aliphatic rings. The summed E-state index contributed by atoms with van der Waals surface area (Å²) < 4.78 is 0. The summed E-state index contributed by atoms with van der Waals surface area (Å²) in [6.07, 6.45) is 0.506. The van der Waals surface area contributed by atoms with Gasteiger partial charge in [0.1, 0.15) is 5.01 Å². The summed E-state index contributed by atoms with van der Waals surface area (Å²) in [6.45, 7) is 2.85. The summed E-state index contributed by atoms with van der Waals surface area (Å²) in [5, 5.41) is 15.3. The second-order valence-electron chi connectivity index (χ2n) is 3.60. The highest BCUT2D eigenvalue weighted by Crippen LogP contribution is 2.15. The van der Waals surface area contributed by atoms with Gasteiger partial charge in [-0.25, -0.2) is 0 Å². The minimum atomic E-state index is 0.0103. The van der Waals surface area contributed by atoms with Crippen LogP contribution in [0.4, 0.5) is 5.13 Å². The van der Waals surface area contributed by atoms with Gasteiger partial charge in [-0.15, -0.1) is 10.2 Å². The van der Waals surface area contributed by atoms with Crippen molar-refractivity contribution in [3.8, 4) is 0 Å². The van der Waals surface area contributed by atoms with Crippen LogP contribution < -0.4 is 10.6 Å². The zero-order chi connectivity index (χ0) is 11.4. The lowest BCUT2D eigenvalue weighted by Gasteiger charge is -2.22. The van der Waals surface area contributed by atoms with E-state index < -0.39 is 0 Å². The van der Waals surface area contributed by atoms with E-state index in [0.717, 1.165) is 23.1 Å². The molecule has 0 aliphatic carbocycles. The molecule has 1 amide bonds. The van der Waals surface area contributed by atoms with Gasteiger partial charge >= 0.3 is 0 Å². The highest BCUT2D eigenvalue weighted by molar-refractivity contribution is 7.99. The maximum absolute atomic E-state index is 11.7. The van der Waals surface area contributed by atoms with Gasteiger partial charge in [0.25, 0.3) is 0 Å². The molecule has 7 heteroatoms. The van der Waals surface area contributed by atoms with Gasteiger partial charge in [-0.2, -0.15) is 11.8 Å². The first-order valence-electron chi connectivity index (χ1n) is 5.15. The normalized spacial score (nSPS) is 20.7. The lowest BCUT2D eigenvalue weighted by atomic mass is 10.2. The molecule has 2 rings (SSSR count). The van der Waals surface area contributed by atoms with Gasteiger partial charge in [0.2, 0.25) is 11.0 Å². The van der Waals surface area contributed by atoms with Crippen molar-refractivity contribution in [3.05, 3.63) is 5.01 Å². The number of thioether (sulfide) groups is 1. The largest absolute Gasteiger partial charge is 0.312 e. The number of carbonyl (C=O) groups excluding carboxylic acids is 1. The Hall–Kier alpha value is -0.660. The predicted octanol–water partition coefficient (Wildman–Crippen LogP) is 0.880. The molecule has 0 bridgehead atoms. The Bertz CT molecular complexity index is 362. The molecule has 0 saturated carbocycles. The number of nitrogens with one attached hydrogen (secondary N) is 2. The van der Waals surface area contributed by atoms with Crippen LogP contribution in [0.25, 0.3) is 0 Å². The van der Waals surface area contributed by atoms with Crippen LogP contribution in [0.2, 0.25) is 0 Å². The van der Waals surface area contributed by atoms with Crippen molar-refractivity contribution in [2.75, 3.05) is 23.4 Å². The van der Waals surface area contributed by atoms with E-state index in [-0.39, 0.29) is 11.9 Å². The van der Waals surface area contributed by atoms with Gasteiger partial charge in [0, 0.05) is 30.5 Å². The third-order valence-electron chi connectivity index (χ3n) is 2.20. The maximum atomic E-state index is 11.7. The zero-order valence-electron chi connectivity index (χ0n) is 9.02. The Balaban J connectivity index is 1.79. The molecule has 1 aromatic rings. The molecule has 0 aromatic carbocycles. The lowest BCUT2D eigenvalue weighted by Crippen LogP contribution is -2.39. The fraction of sp³-hybridized carbons (Fsp3) is 0.667. The highest BCUT2D eigenvalue weighted by atomic mass is 32.2. The molecule has 1 unspecified atom stereocenters. The molecule has 1 aromatic heterocycles. The van der Waals surface area contributed by atoms with E-state index in [1.165, 1.54) is 11.3 Å². The molecule has 2 heterocycles. The number of aryl methyl sites for hydroxylation is 1. The Labute approximate surface area is 102 Å². The first-order valence-corrected chi connectivity index (χ1v) is 7.12. The number of hydrogen-bond acceptors (Lipinski definition) is 6. The van der Waals surface area contributed by atoms with Crippen LogP contribution in [0, 0.1) is 6.92 Å². The monoisotopic (exact) mass is 258 g/mol. The van der Waals surface area contributed by atoms with Gasteiger partial charge in [-0.05, 0) is 6.92 Å². The number of nitrogens with zero attached hydrogens (tertiary/aromatic N) is 2. The van der Waals surface area contributed by atoms with Crippen molar-refractivity contribution in [1.82, 2.24) is 15.5 Å². The van der Waals surface area contributed by atoms with Gasteiger partial charge in [-0.1, -0.05) is 11.3 Å². The van der Waals surface area contributed by atoms with Gasteiger partial charge in [-0.3, -0.25) is 4.79 Å². The van der Waals surface area contributed by atoms with Crippen molar-refractivity contribution in [1.29, 1.82) is 0 Å².